The number of hydrogen-bond donors (Lipinski definition) is 2. The number of urea groups is 1. The number of aryl methyl sites for hydroxylation is 1. The van der Waals surface area contributed by atoms with E-state index in [2.05, 4.69) is 5.32 Å². The Morgan fingerprint density at radius 2 is 2.05 bits per heavy atom. The van der Waals surface area contributed by atoms with Crippen molar-refractivity contribution in [2.45, 2.75) is 34.1 Å². The van der Waals surface area contributed by atoms with E-state index < -0.39 is 0 Å². The lowest BCUT2D eigenvalue weighted by Crippen LogP contribution is -2.41. The van der Waals surface area contributed by atoms with Crippen molar-refractivity contribution in [3.05, 3.63) is 29.6 Å². The summed E-state index contributed by atoms with van der Waals surface area (Å²) >= 11 is 0. The Morgan fingerprint density at radius 1 is 1.38 bits per heavy atom. The van der Waals surface area contributed by atoms with Crippen molar-refractivity contribution in [2.75, 3.05) is 25.0 Å². The van der Waals surface area contributed by atoms with Gasteiger partial charge in [0.05, 0.1) is 0 Å². The molecule has 1 aromatic rings. The third kappa shape index (κ3) is 6.12. The van der Waals surface area contributed by atoms with Crippen LogP contribution in [0.3, 0.4) is 0 Å². The molecule has 0 saturated heterocycles. The van der Waals surface area contributed by atoms with Crippen LogP contribution in [0.1, 0.15) is 32.8 Å². The Hall–Kier alpha value is -1.62. The van der Waals surface area contributed by atoms with Crippen LogP contribution in [0.2, 0.25) is 0 Å². The smallest absolute Gasteiger partial charge is 0.321 e. The Kier molecular flexibility index (Phi) is 6.15. The first-order chi connectivity index (χ1) is 9.73. The third-order valence-electron chi connectivity index (χ3n) is 2.95. The average Bonchev–Trinajstić information content (AvgIpc) is 2.37. The van der Waals surface area contributed by atoms with E-state index in [0.717, 1.165) is 0 Å². The molecule has 0 unspecified atom stereocenters. The second kappa shape index (κ2) is 7.41. The molecule has 2 amide bonds. The van der Waals surface area contributed by atoms with Crippen molar-refractivity contribution in [3.8, 4) is 0 Å². The highest BCUT2D eigenvalue weighted by molar-refractivity contribution is 5.89. The van der Waals surface area contributed by atoms with Crippen molar-refractivity contribution < 1.29 is 14.3 Å². The number of amides is 2. The van der Waals surface area contributed by atoms with E-state index in [-0.39, 0.29) is 23.9 Å². The van der Waals surface area contributed by atoms with Gasteiger partial charge in [-0.15, -0.1) is 0 Å². The lowest BCUT2D eigenvalue weighted by atomic mass is 9.96. The maximum Gasteiger partial charge on any atom is 0.321 e. The fraction of sp³-hybridized carbons (Fsp3) is 0.562. The van der Waals surface area contributed by atoms with E-state index in [4.69, 9.17) is 5.11 Å². The number of aliphatic hydroxyl groups excluding tert-OH is 1. The standard InChI is InChI=1S/C16H25FN2O2/c1-12-10-13(6-7-14(12)17)18-15(21)19(8-5-9-20)11-16(2,3)4/h6-7,10,20H,5,8-9,11H2,1-4H3,(H,18,21). The van der Waals surface area contributed by atoms with E-state index in [1.807, 2.05) is 20.8 Å². The minimum absolute atomic E-state index is 0.0362. The van der Waals surface area contributed by atoms with Gasteiger partial charge in [0.1, 0.15) is 5.82 Å². The van der Waals surface area contributed by atoms with Crippen LogP contribution in [-0.4, -0.2) is 35.7 Å². The fourth-order valence-corrected chi connectivity index (χ4v) is 2.01. The highest BCUT2D eigenvalue weighted by Crippen LogP contribution is 2.18. The van der Waals surface area contributed by atoms with Crippen LogP contribution >= 0.6 is 0 Å². The Morgan fingerprint density at radius 3 is 2.57 bits per heavy atom. The van der Waals surface area contributed by atoms with Gasteiger partial charge in [-0.25, -0.2) is 9.18 Å². The van der Waals surface area contributed by atoms with E-state index in [0.29, 0.717) is 30.8 Å². The molecular formula is C16H25FN2O2. The van der Waals surface area contributed by atoms with E-state index in [1.165, 1.54) is 6.07 Å². The number of nitrogens with zero attached hydrogens (tertiary/aromatic N) is 1. The van der Waals surface area contributed by atoms with Crippen LogP contribution < -0.4 is 5.32 Å². The molecule has 5 heteroatoms. The maximum atomic E-state index is 13.2. The summed E-state index contributed by atoms with van der Waals surface area (Å²) in [5, 5.41) is 11.7. The van der Waals surface area contributed by atoms with E-state index in [9.17, 15) is 9.18 Å². The molecule has 21 heavy (non-hydrogen) atoms. The molecule has 0 aliphatic heterocycles. The van der Waals surface area contributed by atoms with Gasteiger partial charge >= 0.3 is 6.03 Å². The SMILES string of the molecule is Cc1cc(NC(=O)N(CCCO)CC(C)(C)C)ccc1F. The van der Waals surface area contributed by atoms with Crippen LogP contribution in [0.15, 0.2) is 18.2 Å². The number of nitrogens with one attached hydrogen (secondary N) is 1. The van der Waals surface area contributed by atoms with Crippen molar-refractivity contribution in [1.82, 2.24) is 4.90 Å². The molecule has 0 bridgehead atoms. The number of benzene rings is 1. The van der Waals surface area contributed by atoms with Crippen LogP contribution in [0.25, 0.3) is 0 Å². The van der Waals surface area contributed by atoms with Crippen LogP contribution in [0, 0.1) is 18.2 Å². The van der Waals surface area contributed by atoms with Gasteiger partial charge in [0.2, 0.25) is 0 Å². The van der Waals surface area contributed by atoms with Crippen molar-refractivity contribution in [3.63, 3.8) is 0 Å². The van der Waals surface area contributed by atoms with Crippen LogP contribution in [0.4, 0.5) is 14.9 Å². The zero-order valence-electron chi connectivity index (χ0n) is 13.2. The molecule has 1 aromatic carbocycles. The number of hydrogen-bond acceptors (Lipinski definition) is 2. The average molecular weight is 296 g/mol. The monoisotopic (exact) mass is 296 g/mol. The number of anilines is 1. The number of carbonyl (C=O) groups excluding carboxylic acids is 1. The van der Waals surface area contributed by atoms with Gasteiger partial charge in [0.25, 0.3) is 0 Å². The molecular weight excluding hydrogens is 271 g/mol. The van der Waals surface area contributed by atoms with Crippen molar-refractivity contribution >= 4 is 11.7 Å². The molecule has 0 aliphatic carbocycles. The molecule has 0 aliphatic rings. The third-order valence-corrected chi connectivity index (χ3v) is 2.95. The molecule has 0 atom stereocenters. The zero-order valence-corrected chi connectivity index (χ0v) is 13.2. The molecule has 4 nitrogen and oxygen atoms in total. The number of halogens is 1. The van der Waals surface area contributed by atoms with Gasteiger partial charge in [-0.3, -0.25) is 0 Å². The van der Waals surface area contributed by atoms with Crippen LogP contribution in [-0.2, 0) is 0 Å². The summed E-state index contributed by atoms with van der Waals surface area (Å²) in [6.07, 6.45) is 0.534. The summed E-state index contributed by atoms with van der Waals surface area (Å²) in [6.45, 7) is 8.92. The van der Waals surface area contributed by atoms with Gasteiger partial charge < -0.3 is 15.3 Å². The minimum atomic E-state index is -0.292. The highest BCUT2D eigenvalue weighted by Gasteiger charge is 2.20. The predicted molar refractivity (Wildman–Crippen MR) is 82.9 cm³/mol. The van der Waals surface area contributed by atoms with E-state index in [1.54, 1.807) is 24.0 Å². The quantitative estimate of drug-likeness (QED) is 0.875. The Bertz CT molecular complexity index is 484. The number of aliphatic hydroxyl groups is 1. The summed E-state index contributed by atoms with van der Waals surface area (Å²) in [5.74, 6) is -0.292. The fourth-order valence-electron chi connectivity index (χ4n) is 2.01. The first-order valence-electron chi connectivity index (χ1n) is 7.16. The van der Waals surface area contributed by atoms with Gasteiger partial charge in [0.15, 0.2) is 0 Å². The molecule has 0 saturated carbocycles. The number of rotatable bonds is 5. The zero-order chi connectivity index (χ0) is 16.0. The maximum absolute atomic E-state index is 13.2. The Labute approximate surface area is 126 Å². The Balaban J connectivity index is 2.77. The van der Waals surface area contributed by atoms with E-state index >= 15 is 0 Å². The van der Waals surface area contributed by atoms with Gasteiger partial charge in [0, 0.05) is 25.4 Å². The summed E-state index contributed by atoms with van der Waals surface area (Å²) in [6, 6.07) is 4.26. The van der Waals surface area contributed by atoms with Gasteiger partial charge in [-0.2, -0.15) is 0 Å². The van der Waals surface area contributed by atoms with Crippen molar-refractivity contribution in [1.29, 1.82) is 0 Å². The second-order valence-corrected chi connectivity index (χ2v) is 6.45. The summed E-state index contributed by atoms with van der Waals surface area (Å²) in [5.41, 5.74) is 1.03. The lowest BCUT2D eigenvalue weighted by molar-refractivity contribution is 0.176. The summed E-state index contributed by atoms with van der Waals surface area (Å²) < 4.78 is 13.2. The lowest BCUT2D eigenvalue weighted by Gasteiger charge is -2.30. The van der Waals surface area contributed by atoms with Gasteiger partial charge in [-0.05, 0) is 42.5 Å². The second-order valence-electron chi connectivity index (χ2n) is 6.45. The summed E-state index contributed by atoms with van der Waals surface area (Å²) in [7, 11) is 0. The first kappa shape index (κ1) is 17.4. The normalized spacial score (nSPS) is 11.3. The highest BCUT2D eigenvalue weighted by atomic mass is 19.1. The molecule has 0 radical (unpaired) electrons. The van der Waals surface area contributed by atoms with Crippen molar-refractivity contribution in [2.24, 2.45) is 5.41 Å². The molecule has 0 heterocycles. The molecule has 0 aromatic heterocycles. The van der Waals surface area contributed by atoms with Gasteiger partial charge in [-0.1, -0.05) is 20.8 Å². The summed E-state index contributed by atoms with van der Waals surface area (Å²) in [4.78, 5) is 14.0. The predicted octanol–water partition coefficient (Wildman–Crippen LogP) is 3.40. The first-order valence-corrected chi connectivity index (χ1v) is 7.16. The van der Waals surface area contributed by atoms with Crippen LogP contribution in [0.5, 0.6) is 0 Å². The topological polar surface area (TPSA) is 52.6 Å². The molecule has 118 valence electrons. The molecule has 0 fully saturated rings. The molecule has 0 spiro atoms. The largest absolute Gasteiger partial charge is 0.396 e. The molecule has 1 rings (SSSR count). The molecule has 2 N–H and O–H groups in total. The minimum Gasteiger partial charge on any atom is -0.396 e. The number of carbonyl (C=O) groups is 1.